The van der Waals surface area contributed by atoms with E-state index in [1.54, 1.807) is 0 Å². The van der Waals surface area contributed by atoms with E-state index in [0.29, 0.717) is 11.8 Å². The SMILES string of the molecule is CC(CNC(C)(C)C)C(C)c1sccc1Br. The Kier molecular flexibility index (Phi) is 5.02. The maximum atomic E-state index is 3.62. The van der Waals surface area contributed by atoms with E-state index in [4.69, 9.17) is 0 Å². The molecule has 0 fully saturated rings. The number of thiophene rings is 1. The number of hydrogen-bond donors (Lipinski definition) is 1. The molecule has 0 aliphatic heterocycles. The lowest BCUT2D eigenvalue weighted by Crippen LogP contribution is -2.39. The van der Waals surface area contributed by atoms with Gasteiger partial charge in [-0.3, -0.25) is 0 Å². The van der Waals surface area contributed by atoms with Gasteiger partial charge in [0.1, 0.15) is 0 Å². The van der Waals surface area contributed by atoms with Crippen molar-refractivity contribution in [1.29, 1.82) is 0 Å². The smallest absolute Gasteiger partial charge is 0.0317 e. The molecule has 0 aliphatic rings. The van der Waals surface area contributed by atoms with Crippen LogP contribution in [0, 0.1) is 5.92 Å². The third kappa shape index (κ3) is 4.19. The highest BCUT2D eigenvalue weighted by Gasteiger charge is 2.19. The fraction of sp³-hybridized carbons (Fsp3) is 0.692. The molecule has 1 N–H and O–H groups in total. The van der Waals surface area contributed by atoms with Gasteiger partial charge in [-0.15, -0.1) is 11.3 Å². The van der Waals surface area contributed by atoms with E-state index >= 15 is 0 Å². The summed E-state index contributed by atoms with van der Waals surface area (Å²) >= 11 is 5.46. The third-order valence-electron chi connectivity index (χ3n) is 2.87. The predicted octanol–water partition coefficient (Wildman–Crippen LogP) is 4.64. The zero-order valence-corrected chi connectivity index (χ0v) is 13.2. The summed E-state index contributed by atoms with van der Waals surface area (Å²) in [5, 5.41) is 5.73. The average molecular weight is 304 g/mol. The summed E-state index contributed by atoms with van der Waals surface area (Å²) in [4.78, 5) is 1.46. The van der Waals surface area contributed by atoms with E-state index in [9.17, 15) is 0 Å². The Bertz CT molecular complexity index is 327. The van der Waals surface area contributed by atoms with Gasteiger partial charge in [-0.25, -0.2) is 0 Å². The van der Waals surface area contributed by atoms with Crippen molar-refractivity contribution >= 4 is 27.3 Å². The van der Waals surface area contributed by atoms with Crippen LogP contribution < -0.4 is 5.32 Å². The number of halogens is 1. The van der Waals surface area contributed by atoms with Gasteiger partial charge in [0.15, 0.2) is 0 Å². The van der Waals surface area contributed by atoms with Crippen LogP contribution in [0.15, 0.2) is 15.9 Å². The van der Waals surface area contributed by atoms with Gasteiger partial charge in [0, 0.05) is 14.9 Å². The highest BCUT2D eigenvalue weighted by Crippen LogP contribution is 2.34. The molecule has 92 valence electrons. The van der Waals surface area contributed by atoms with Gasteiger partial charge < -0.3 is 5.32 Å². The first kappa shape index (κ1) is 14.2. The Balaban J connectivity index is 2.55. The highest BCUT2D eigenvalue weighted by atomic mass is 79.9. The van der Waals surface area contributed by atoms with Gasteiger partial charge in [-0.2, -0.15) is 0 Å². The highest BCUT2D eigenvalue weighted by molar-refractivity contribution is 9.10. The van der Waals surface area contributed by atoms with Crippen LogP contribution in [0.3, 0.4) is 0 Å². The predicted molar refractivity (Wildman–Crippen MR) is 77.4 cm³/mol. The largest absolute Gasteiger partial charge is 0.312 e. The van der Waals surface area contributed by atoms with E-state index in [1.165, 1.54) is 9.35 Å². The molecule has 0 spiro atoms. The molecule has 3 heteroatoms. The van der Waals surface area contributed by atoms with Gasteiger partial charge in [0.25, 0.3) is 0 Å². The fourth-order valence-electron chi connectivity index (χ4n) is 1.53. The molecule has 0 amide bonds. The number of hydrogen-bond acceptors (Lipinski definition) is 2. The Labute approximate surface area is 112 Å². The third-order valence-corrected chi connectivity index (χ3v) is 4.94. The van der Waals surface area contributed by atoms with E-state index in [0.717, 1.165) is 6.54 Å². The lowest BCUT2D eigenvalue weighted by Gasteiger charge is -2.26. The second-order valence-corrected chi connectivity index (χ2v) is 7.33. The van der Waals surface area contributed by atoms with Gasteiger partial charge >= 0.3 is 0 Å². The lowest BCUT2D eigenvalue weighted by atomic mass is 9.93. The summed E-state index contributed by atoms with van der Waals surface area (Å²) in [6.45, 7) is 12.3. The van der Waals surface area contributed by atoms with Crippen molar-refractivity contribution in [3.05, 3.63) is 20.8 Å². The van der Waals surface area contributed by atoms with Gasteiger partial charge in [0.05, 0.1) is 0 Å². The van der Waals surface area contributed by atoms with Crippen molar-refractivity contribution in [3.8, 4) is 0 Å². The molecule has 0 saturated carbocycles. The Morgan fingerprint density at radius 1 is 1.38 bits per heavy atom. The second-order valence-electron chi connectivity index (χ2n) is 5.53. The Morgan fingerprint density at radius 3 is 2.44 bits per heavy atom. The van der Waals surface area contributed by atoms with Crippen molar-refractivity contribution in [2.45, 2.75) is 46.1 Å². The first-order chi connectivity index (χ1) is 7.31. The van der Waals surface area contributed by atoms with Crippen LogP contribution in [0.5, 0.6) is 0 Å². The number of nitrogens with one attached hydrogen (secondary N) is 1. The Morgan fingerprint density at radius 2 is 2.00 bits per heavy atom. The average Bonchev–Trinajstić information content (AvgIpc) is 2.58. The van der Waals surface area contributed by atoms with E-state index in [-0.39, 0.29) is 5.54 Å². The van der Waals surface area contributed by atoms with E-state index in [2.05, 4.69) is 67.3 Å². The summed E-state index contributed by atoms with van der Waals surface area (Å²) in [6.07, 6.45) is 0. The lowest BCUT2D eigenvalue weighted by molar-refractivity contribution is 0.360. The molecule has 0 aromatic carbocycles. The minimum Gasteiger partial charge on any atom is -0.312 e. The standard InChI is InChI=1S/C13H22BrNS/c1-9(8-15-13(3,4)5)10(2)12-11(14)6-7-16-12/h6-7,9-10,15H,8H2,1-5H3. The molecule has 1 heterocycles. The zero-order chi connectivity index (χ0) is 12.3. The van der Waals surface area contributed by atoms with Crippen LogP contribution in [0.25, 0.3) is 0 Å². The summed E-state index contributed by atoms with van der Waals surface area (Å²) in [7, 11) is 0. The van der Waals surface area contributed by atoms with Gasteiger partial charge in [0.2, 0.25) is 0 Å². The second kappa shape index (κ2) is 5.65. The van der Waals surface area contributed by atoms with Crippen molar-refractivity contribution < 1.29 is 0 Å². The van der Waals surface area contributed by atoms with Crippen LogP contribution >= 0.6 is 27.3 Å². The van der Waals surface area contributed by atoms with E-state index < -0.39 is 0 Å². The molecule has 0 radical (unpaired) electrons. The van der Waals surface area contributed by atoms with Crippen LogP contribution in [0.1, 0.15) is 45.4 Å². The molecule has 16 heavy (non-hydrogen) atoms. The van der Waals surface area contributed by atoms with Crippen molar-refractivity contribution in [2.24, 2.45) is 5.92 Å². The maximum Gasteiger partial charge on any atom is 0.0317 e. The van der Waals surface area contributed by atoms with Crippen LogP contribution in [-0.4, -0.2) is 12.1 Å². The van der Waals surface area contributed by atoms with Crippen LogP contribution in [0.4, 0.5) is 0 Å². The summed E-state index contributed by atoms with van der Waals surface area (Å²) in [5.74, 6) is 1.25. The summed E-state index contributed by atoms with van der Waals surface area (Å²) in [6, 6.07) is 2.14. The first-order valence-electron chi connectivity index (χ1n) is 5.79. The maximum absolute atomic E-state index is 3.62. The topological polar surface area (TPSA) is 12.0 Å². The zero-order valence-electron chi connectivity index (χ0n) is 10.8. The molecular formula is C13H22BrNS. The summed E-state index contributed by atoms with van der Waals surface area (Å²) in [5.41, 5.74) is 0.209. The quantitative estimate of drug-likeness (QED) is 0.854. The van der Waals surface area contributed by atoms with Crippen LogP contribution in [-0.2, 0) is 0 Å². The van der Waals surface area contributed by atoms with Crippen LogP contribution in [0.2, 0.25) is 0 Å². The molecular weight excluding hydrogens is 282 g/mol. The van der Waals surface area contributed by atoms with Crippen molar-refractivity contribution in [3.63, 3.8) is 0 Å². The summed E-state index contributed by atoms with van der Waals surface area (Å²) < 4.78 is 1.26. The normalized spacial score (nSPS) is 16.1. The van der Waals surface area contributed by atoms with Gasteiger partial charge in [-0.1, -0.05) is 13.8 Å². The van der Waals surface area contributed by atoms with Crippen molar-refractivity contribution in [1.82, 2.24) is 5.32 Å². The fourth-order valence-corrected chi connectivity index (χ4v) is 3.46. The van der Waals surface area contributed by atoms with Crippen molar-refractivity contribution in [2.75, 3.05) is 6.54 Å². The molecule has 2 unspecified atom stereocenters. The molecule has 1 aromatic rings. The molecule has 1 aromatic heterocycles. The van der Waals surface area contributed by atoms with Gasteiger partial charge in [-0.05, 0) is 66.5 Å². The minimum atomic E-state index is 0.209. The monoisotopic (exact) mass is 303 g/mol. The van der Waals surface area contributed by atoms with E-state index in [1.807, 2.05) is 11.3 Å². The molecule has 0 saturated heterocycles. The molecule has 0 bridgehead atoms. The number of rotatable bonds is 4. The first-order valence-corrected chi connectivity index (χ1v) is 7.46. The molecule has 0 aliphatic carbocycles. The Hall–Kier alpha value is 0.140. The minimum absolute atomic E-state index is 0.209. The molecule has 1 rings (SSSR count). The molecule has 1 nitrogen and oxygen atoms in total. The molecule has 2 atom stereocenters.